The van der Waals surface area contributed by atoms with Gasteiger partial charge in [0.1, 0.15) is 11.5 Å². The molecule has 0 aliphatic heterocycles. The number of aliphatic carboxylic acids is 2. The monoisotopic (exact) mass is 501 g/mol. The number of carboxylic acid groups (broad SMARTS) is 2. The number of para-hydroxylation sites is 1. The van der Waals surface area contributed by atoms with Crippen molar-refractivity contribution in [3.63, 3.8) is 0 Å². The van der Waals surface area contributed by atoms with Gasteiger partial charge in [0.2, 0.25) is 5.91 Å². The zero-order valence-corrected chi connectivity index (χ0v) is 20.5. The van der Waals surface area contributed by atoms with E-state index in [1.807, 2.05) is 72.8 Å². The van der Waals surface area contributed by atoms with E-state index in [4.69, 9.17) is 4.74 Å². The summed E-state index contributed by atoms with van der Waals surface area (Å²) in [6, 6.07) is 27.0. The van der Waals surface area contributed by atoms with Gasteiger partial charge < -0.3 is 19.8 Å². The molecular formula is C30H31NO6. The van der Waals surface area contributed by atoms with Gasteiger partial charge in [-0.2, -0.15) is 0 Å². The van der Waals surface area contributed by atoms with Gasteiger partial charge in [0.15, 0.2) is 0 Å². The van der Waals surface area contributed by atoms with Gasteiger partial charge >= 0.3 is 11.9 Å². The molecule has 3 aromatic carbocycles. The molecule has 3 unspecified atom stereocenters. The molecule has 0 heterocycles. The summed E-state index contributed by atoms with van der Waals surface area (Å²) < 4.78 is 5.85. The van der Waals surface area contributed by atoms with Crippen molar-refractivity contribution in [2.24, 2.45) is 17.8 Å². The Kier molecular flexibility index (Phi) is 8.56. The topological polar surface area (TPSA) is 104 Å². The van der Waals surface area contributed by atoms with Crippen molar-refractivity contribution in [1.82, 2.24) is 4.90 Å². The zero-order valence-electron chi connectivity index (χ0n) is 20.5. The van der Waals surface area contributed by atoms with Crippen LogP contribution in [0.2, 0.25) is 0 Å². The predicted octanol–water partition coefficient (Wildman–Crippen LogP) is 5.25. The third-order valence-electron chi connectivity index (χ3n) is 6.87. The molecule has 0 bridgehead atoms. The highest BCUT2D eigenvalue weighted by Gasteiger charge is 2.54. The van der Waals surface area contributed by atoms with Crippen LogP contribution >= 0.6 is 0 Å². The van der Waals surface area contributed by atoms with Gasteiger partial charge in [0.05, 0.1) is 17.8 Å². The van der Waals surface area contributed by atoms with Crippen molar-refractivity contribution in [2.75, 3.05) is 6.54 Å². The average Bonchev–Trinajstić information content (AvgIpc) is 2.87. The highest BCUT2D eigenvalue weighted by molar-refractivity contribution is 5.91. The normalized spacial score (nSPS) is 18.4. The van der Waals surface area contributed by atoms with Gasteiger partial charge in [-0.05, 0) is 61.1 Å². The summed E-state index contributed by atoms with van der Waals surface area (Å²) in [7, 11) is 0. The van der Waals surface area contributed by atoms with Crippen LogP contribution in [-0.4, -0.2) is 39.5 Å². The molecule has 1 fully saturated rings. The first kappa shape index (κ1) is 25.9. The predicted molar refractivity (Wildman–Crippen MR) is 138 cm³/mol. The summed E-state index contributed by atoms with van der Waals surface area (Å²) >= 11 is 0. The lowest BCUT2D eigenvalue weighted by Crippen LogP contribution is -2.53. The van der Waals surface area contributed by atoms with Crippen LogP contribution in [-0.2, 0) is 27.3 Å². The van der Waals surface area contributed by atoms with Gasteiger partial charge in [-0.3, -0.25) is 14.4 Å². The highest BCUT2D eigenvalue weighted by atomic mass is 16.5. The maximum atomic E-state index is 13.4. The van der Waals surface area contributed by atoms with Gasteiger partial charge in [-0.15, -0.1) is 0 Å². The number of aryl methyl sites for hydroxylation is 1. The number of carbonyl (C=O) groups is 3. The first-order chi connectivity index (χ1) is 17.9. The summed E-state index contributed by atoms with van der Waals surface area (Å²) in [6.07, 6.45) is 2.57. The fraction of sp³-hybridized carbons (Fsp3) is 0.300. The molecule has 1 aliphatic rings. The summed E-state index contributed by atoms with van der Waals surface area (Å²) in [6.45, 7) is 0.783. The fourth-order valence-electron chi connectivity index (χ4n) is 4.79. The third-order valence-corrected chi connectivity index (χ3v) is 6.87. The van der Waals surface area contributed by atoms with Crippen LogP contribution in [0.4, 0.5) is 0 Å². The molecule has 7 nitrogen and oxygen atoms in total. The minimum absolute atomic E-state index is 0.0511. The number of nitrogens with zero attached hydrogens (tertiary/aromatic N) is 1. The highest BCUT2D eigenvalue weighted by Crippen LogP contribution is 2.42. The first-order valence-electron chi connectivity index (χ1n) is 12.5. The Bertz CT molecular complexity index is 1200. The number of hydrogen-bond donors (Lipinski definition) is 2. The second-order valence-electron chi connectivity index (χ2n) is 9.41. The van der Waals surface area contributed by atoms with Crippen molar-refractivity contribution >= 4 is 17.8 Å². The number of amides is 1. The number of ether oxygens (including phenoxy) is 1. The quantitative estimate of drug-likeness (QED) is 0.329. The molecule has 0 radical (unpaired) electrons. The van der Waals surface area contributed by atoms with E-state index in [0.717, 1.165) is 30.6 Å². The van der Waals surface area contributed by atoms with Crippen molar-refractivity contribution < 1.29 is 29.3 Å². The van der Waals surface area contributed by atoms with Gasteiger partial charge in [0.25, 0.3) is 0 Å². The van der Waals surface area contributed by atoms with E-state index in [1.165, 1.54) is 5.56 Å². The number of carboxylic acids is 2. The molecule has 0 spiro atoms. The number of carbonyl (C=O) groups excluding carboxylic acids is 1. The third kappa shape index (κ3) is 6.76. The molecule has 37 heavy (non-hydrogen) atoms. The molecule has 2 N–H and O–H groups in total. The van der Waals surface area contributed by atoms with E-state index in [1.54, 1.807) is 4.90 Å². The number of benzene rings is 3. The maximum absolute atomic E-state index is 13.4. The SMILES string of the molecule is O=C(O)C1CC(C(=O)N(CCCCc2ccccc2)Cc2ccc(Oc3ccccc3)cc2)C1C(=O)O. The lowest BCUT2D eigenvalue weighted by atomic mass is 9.64. The van der Waals surface area contributed by atoms with Gasteiger partial charge in [-0.25, -0.2) is 0 Å². The lowest BCUT2D eigenvalue weighted by molar-refractivity contribution is -0.172. The molecular weight excluding hydrogens is 470 g/mol. The van der Waals surface area contributed by atoms with E-state index < -0.39 is 29.7 Å². The molecule has 3 atom stereocenters. The van der Waals surface area contributed by atoms with Crippen LogP contribution in [0.1, 0.15) is 30.4 Å². The van der Waals surface area contributed by atoms with E-state index in [0.29, 0.717) is 18.8 Å². The van der Waals surface area contributed by atoms with E-state index in [9.17, 15) is 24.6 Å². The zero-order chi connectivity index (χ0) is 26.2. The molecule has 1 aliphatic carbocycles. The fourth-order valence-corrected chi connectivity index (χ4v) is 4.79. The van der Waals surface area contributed by atoms with Crippen LogP contribution in [0.25, 0.3) is 0 Å². The summed E-state index contributed by atoms with van der Waals surface area (Å²) in [5.74, 6) is -4.35. The Morgan fingerprint density at radius 3 is 1.97 bits per heavy atom. The molecule has 0 aromatic heterocycles. The van der Waals surface area contributed by atoms with Crippen LogP contribution in [0.15, 0.2) is 84.9 Å². The Hall–Kier alpha value is -4.13. The molecule has 1 amide bonds. The lowest BCUT2D eigenvalue weighted by Gasteiger charge is -2.41. The second-order valence-corrected chi connectivity index (χ2v) is 9.41. The second kappa shape index (κ2) is 12.2. The minimum atomic E-state index is -1.23. The summed E-state index contributed by atoms with van der Waals surface area (Å²) in [5, 5.41) is 18.9. The van der Waals surface area contributed by atoms with Crippen molar-refractivity contribution in [3.05, 3.63) is 96.1 Å². The molecule has 1 saturated carbocycles. The number of hydrogen-bond acceptors (Lipinski definition) is 4. The minimum Gasteiger partial charge on any atom is -0.481 e. The van der Waals surface area contributed by atoms with E-state index >= 15 is 0 Å². The number of rotatable bonds is 12. The van der Waals surface area contributed by atoms with Gasteiger partial charge in [0, 0.05) is 13.1 Å². The van der Waals surface area contributed by atoms with Crippen LogP contribution in [0, 0.1) is 17.8 Å². The van der Waals surface area contributed by atoms with Crippen molar-refractivity contribution in [2.45, 2.75) is 32.2 Å². The Morgan fingerprint density at radius 1 is 0.730 bits per heavy atom. The van der Waals surface area contributed by atoms with Gasteiger partial charge in [-0.1, -0.05) is 60.7 Å². The van der Waals surface area contributed by atoms with Crippen LogP contribution in [0.5, 0.6) is 11.5 Å². The Labute approximate surface area is 216 Å². The molecule has 7 heteroatoms. The maximum Gasteiger partial charge on any atom is 0.308 e. The Balaban J connectivity index is 1.43. The standard InChI is InChI=1S/C30H31NO6/c32-28(25-19-26(29(33)34)27(25)30(35)36)31(18-8-7-11-21-9-3-1-4-10-21)20-22-14-16-24(17-15-22)37-23-12-5-2-6-13-23/h1-6,9-10,12-17,25-27H,7-8,11,18-20H2,(H,33,34)(H,35,36). The van der Waals surface area contributed by atoms with Crippen LogP contribution < -0.4 is 4.74 Å². The summed E-state index contributed by atoms with van der Waals surface area (Å²) in [4.78, 5) is 38.3. The average molecular weight is 502 g/mol. The number of unbranched alkanes of at least 4 members (excludes halogenated alkanes) is 1. The van der Waals surface area contributed by atoms with Crippen LogP contribution in [0.3, 0.4) is 0 Å². The van der Waals surface area contributed by atoms with E-state index in [2.05, 4.69) is 12.1 Å². The van der Waals surface area contributed by atoms with Crippen molar-refractivity contribution in [3.8, 4) is 11.5 Å². The van der Waals surface area contributed by atoms with E-state index in [-0.39, 0.29) is 12.3 Å². The first-order valence-corrected chi connectivity index (χ1v) is 12.5. The molecule has 3 aromatic rings. The molecule has 4 rings (SSSR count). The molecule has 192 valence electrons. The smallest absolute Gasteiger partial charge is 0.308 e. The largest absolute Gasteiger partial charge is 0.481 e. The summed E-state index contributed by atoms with van der Waals surface area (Å²) in [5.41, 5.74) is 2.11. The van der Waals surface area contributed by atoms with Crippen molar-refractivity contribution in [1.29, 1.82) is 0 Å². The molecule has 0 saturated heterocycles. The Morgan fingerprint density at radius 2 is 1.35 bits per heavy atom.